The molecule has 1 aromatic carbocycles. The van der Waals surface area contributed by atoms with Gasteiger partial charge in [-0.2, -0.15) is 13.2 Å². The molecule has 0 saturated carbocycles. The highest BCUT2D eigenvalue weighted by molar-refractivity contribution is 7.99. The highest BCUT2D eigenvalue weighted by atomic mass is 32.2. The zero-order valence-electron chi connectivity index (χ0n) is 14.6. The van der Waals surface area contributed by atoms with Crippen LogP contribution in [0.5, 0.6) is 0 Å². The summed E-state index contributed by atoms with van der Waals surface area (Å²) < 4.78 is 51.5. The van der Waals surface area contributed by atoms with Gasteiger partial charge in [0.05, 0.1) is 5.56 Å². The Labute approximate surface area is 158 Å². The van der Waals surface area contributed by atoms with Crippen LogP contribution in [0.4, 0.5) is 23.2 Å². The number of aryl methyl sites for hydroxylation is 2. The van der Waals surface area contributed by atoms with Gasteiger partial charge in [-0.1, -0.05) is 18.2 Å². The number of halogens is 4. The van der Waals surface area contributed by atoms with Crippen LogP contribution in [-0.2, 0) is 17.4 Å². The quantitative estimate of drug-likeness (QED) is 0.536. The molecule has 1 aromatic heterocycles. The zero-order chi connectivity index (χ0) is 19.6. The maximum atomic E-state index is 13.8. The van der Waals surface area contributed by atoms with Gasteiger partial charge in [0.1, 0.15) is 5.03 Å². The number of hydrogen-bond acceptors (Lipinski definition) is 3. The number of nitrogens with zero attached hydrogens (tertiary/aromatic N) is 2. The van der Waals surface area contributed by atoms with Gasteiger partial charge in [0, 0.05) is 30.6 Å². The van der Waals surface area contributed by atoms with Crippen molar-refractivity contribution in [2.45, 2.75) is 37.4 Å². The van der Waals surface area contributed by atoms with Gasteiger partial charge in [-0.05, 0) is 37.0 Å². The monoisotopic (exact) mass is 398 g/mol. The average molecular weight is 398 g/mol. The zero-order valence-corrected chi connectivity index (χ0v) is 15.5. The fourth-order valence-corrected chi connectivity index (χ4v) is 3.95. The second kappa shape index (κ2) is 7.88. The number of carbonyl (C=O) groups excluding carboxylic acids is 1. The number of aromatic nitrogens is 1. The first-order valence-electron chi connectivity index (χ1n) is 8.52. The molecule has 8 heteroatoms. The summed E-state index contributed by atoms with van der Waals surface area (Å²) in [4.78, 5) is 17.9. The predicted molar refractivity (Wildman–Crippen MR) is 96.4 cm³/mol. The van der Waals surface area contributed by atoms with Gasteiger partial charge in [-0.25, -0.2) is 9.37 Å². The Morgan fingerprint density at radius 3 is 2.81 bits per heavy atom. The van der Waals surface area contributed by atoms with E-state index in [2.05, 4.69) is 4.98 Å². The number of rotatable bonds is 4. The smallest absolute Gasteiger partial charge is 0.312 e. The SMILES string of the molecule is Cc1cccc2c1N(C(=O)CCSc1ncc(C(F)(F)F)cc1F)CCC2. The van der Waals surface area contributed by atoms with E-state index in [9.17, 15) is 22.4 Å². The maximum absolute atomic E-state index is 13.8. The summed E-state index contributed by atoms with van der Waals surface area (Å²) in [6.45, 7) is 2.59. The summed E-state index contributed by atoms with van der Waals surface area (Å²) in [5, 5.41) is -0.133. The van der Waals surface area contributed by atoms with Crippen LogP contribution in [0.3, 0.4) is 0 Å². The molecule has 1 aliphatic rings. The summed E-state index contributed by atoms with van der Waals surface area (Å²) in [6, 6.07) is 6.37. The van der Waals surface area contributed by atoms with Crippen molar-refractivity contribution in [2.24, 2.45) is 0 Å². The van der Waals surface area contributed by atoms with Gasteiger partial charge in [-0.3, -0.25) is 4.79 Å². The lowest BCUT2D eigenvalue weighted by molar-refractivity contribution is -0.138. The van der Waals surface area contributed by atoms with Crippen LogP contribution in [-0.4, -0.2) is 23.2 Å². The Balaban J connectivity index is 1.63. The topological polar surface area (TPSA) is 33.2 Å². The van der Waals surface area contributed by atoms with Gasteiger partial charge < -0.3 is 4.90 Å². The number of amides is 1. The molecule has 3 rings (SSSR count). The summed E-state index contributed by atoms with van der Waals surface area (Å²) in [6.07, 6.45) is -2.06. The van der Waals surface area contributed by atoms with Crippen LogP contribution in [0.2, 0.25) is 0 Å². The molecule has 0 N–H and O–H groups in total. The van der Waals surface area contributed by atoms with E-state index in [0.29, 0.717) is 18.8 Å². The van der Waals surface area contributed by atoms with Crippen molar-refractivity contribution < 1.29 is 22.4 Å². The van der Waals surface area contributed by atoms with E-state index in [-0.39, 0.29) is 23.1 Å². The average Bonchev–Trinajstić information content (AvgIpc) is 2.62. The number of para-hydroxylation sites is 1. The summed E-state index contributed by atoms with van der Waals surface area (Å²) >= 11 is 0.943. The van der Waals surface area contributed by atoms with Crippen molar-refractivity contribution in [3.8, 4) is 0 Å². The number of benzene rings is 1. The molecule has 144 valence electrons. The Morgan fingerprint density at radius 1 is 1.33 bits per heavy atom. The van der Waals surface area contributed by atoms with Gasteiger partial charge in [-0.15, -0.1) is 11.8 Å². The highest BCUT2D eigenvalue weighted by Crippen LogP contribution is 2.33. The second-order valence-electron chi connectivity index (χ2n) is 6.34. The van der Waals surface area contributed by atoms with E-state index in [4.69, 9.17) is 0 Å². The van der Waals surface area contributed by atoms with Gasteiger partial charge in [0.15, 0.2) is 5.82 Å². The molecule has 0 fully saturated rings. The Bertz CT molecular complexity index is 854. The number of pyridine rings is 1. The number of fused-ring (bicyclic) bond motifs is 1. The molecule has 2 heterocycles. The van der Waals surface area contributed by atoms with E-state index in [1.54, 1.807) is 4.90 Å². The van der Waals surface area contributed by atoms with E-state index in [1.165, 1.54) is 0 Å². The first-order chi connectivity index (χ1) is 12.8. The number of thioether (sulfide) groups is 1. The minimum Gasteiger partial charge on any atom is -0.312 e. The molecular formula is C19H18F4N2OS. The lowest BCUT2D eigenvalue weighted by Crippen LogP contribution is -2.36. The van der Waals surface area contributed by atoms with Gasteiger partial charge >= 0.3 is 6.18 Å². The fourth-order valence-electron chi connectivity index (χ4n) is 3.15. The van der Waals surface area contributed by atoms with Crippen molar-refractivity contribution in [1.29, 1.82) is 0 Å². The second-order valence-corrected chi connectivity index (χ2v) is 7.42. The summed E-state index contributed by atoms with van der Waals surface area (Å²) in [5.41, 5.74) is 1.99. The lowest BCUT2D eigenvalue weighted by atomic mass is 9.98. The minimum absolute atomic E-state index is 0.0786. The van der Waals surface area contributed by atoms with Crippen LogP contribution in [0.15, 0.2) is 35.5 Å². The maximum Gasteiger partial charge on any atom is 0.417 e. The van der Waals surface area contributed by atoms with Crippen LogP contribution >= 0.6 is 11.8 Å². The van der Waals surface area contributed by atoms with Crippen LogP contribution in [0.1, 0.15) is 29.5 Å². The third-order valence-electron chi connectivity index (χ3n) is 4.41. The summed E-state index contributed by atoms with van der Waals surface area (Å²) in [5.74, 6) is -0.863. The largest absolute Gasteiger partial charge is 0.417 e. The minimum atomic E-state index is -4.63. The molecule has 1 aliphatic heterocycles. The van der Waals surface area contributed by atoms with E-state index < -0.39 is 17.6 Å². The normalized spacial score (nSPS) is 14.2. The predicted octanol–water partition coefficient (Wildman–Crippen LogP) is 5.01. The Morgan fingerprint density at radius 2 is 2.11 bits per heavy atom. The first kappa shape index (κ1) is 19.7. The van der Waals surface area contributed by atoms with Crippen molar-refractivity contribution >= 4 is 23.4 Å². The Kier molecular flexibility index (Phi) is 5.74. The molecule has 2 aromatic rings. The lowest BCUT2D eigenvalue weighted by Gasteiger charge is -2.31. The van der Waals surface area contributed by atoms with Gasteiger partial charge in [0.2, 0.25) is 5.91 Å². The Hall–Kier alpha value is -2.09. The third-order valence-corrected chi connectivity index (χ3v) is 5.39. The van der Waals surface area contributed by atoms with Gasteiger partial charge in [0.25, 0.3) is 0 Å². The van der Waals surface area contributed by atoms with Crippen molar-refractivity contribution in [1.82, 2.24) is 4.98 Å². The molecule has 0 saturated heterocycles. The van der Waals surface area contributed by atoms with Crippen molar-refractivity contribution in [3.63, 3.8) is 0 Å². The molecule has 27 heavy (non-hydrogen) atoms. The highest BCUT2D eigenvalue weighted by Gasteiger charge is 2.32. The number of anilines is 1. The molecule has 0 bridgehead atoms. The van der Waals surface area contributed by atoms with E-state index in [0.717, 1.165) is 41.4 Å². The molecule has 0 unspecified atom stereocenters. The van der Waals surface area contributed by atoms with Crippen LogP contribution in [0.25, 0.3) is 0 Å². The summed E-state index contributed by atoms with van der Waals surface area (Å²) in [7, 11) is 0. The molecule has 0 spiro atoms. The molecule has 1 amide bonds. The van der Waals surface area contributed by atoms with Crippen molar-refractivity contribution in [3.05, 3.63) is 53.0 Å². The number of hydrogen-bond donors (Lipinski definition) is 0. The third kappa shape index (κ3) is 4.43. The number of carbonyl (C=O) groups is 1. The first-order valence-corrected chi connectivity index (χ1v) is 9.50. The molecule has 0 aliphatic carbocycles. The molecule has 3 nitrogen and oxygen atoms in total. The van der Waals surface area contributed by atoms with E-state index in [1.807, 2.05) is 25.1 Å². The van der Waals surface area contributed by atoms with Crippen LogP contribution < -0.4 is 4.90 Å². The molecule has 0 atom stereocenters. The molecule has 0 radical (unpaired) electrons. The van der Waals surface area contributed by atoms with Crippen molar-refractivity contribution in [2.75, 3.05) is 17.2 Å². The standard InChI is InChI=1S/C19H18F4N2OS/c1-12-4-2-5-13-6-3-8-25(17(12)13)16(26)7-9-27-18-15(20)10-14(11-24-18)19(21,22)23/h2,4-5,10-11H,3,6-9H2,1H3. The molecular weight excluding hydrogens is 380 g/mol. The van der Waals surface area contributed by atoms with E-state index >= 15 is 0 Å². The van der Waals surface area contributed by atoms with Crippen LogP contribution in [0, 0.1) is 12.7 Å². The fraction of sp³-hybridized carbons (Fsp3) is 0.368. The number of alkyl halides is 3.